The van der Waals surface area contributed by atoms with E-state index in [1.165, 1.54) is 30.0 Å². The summed E-state index contributed by atoms with van der Waals surface area (Å²) in [6, 6.07) is 19.6. The predicted molar refractivity (Wildman–Crippen MR) is 134 cm³/mol. The van der Waals surface area contributed by atoms with E-state index in [-0.39, 0.29) is 22.9 Å². The molecule has 1 aliphatic rings. The smallest absolute Gasteiger partial charge is 0.251 e. The van der Waals surface area contributed by atoms with E-state index in [0.717, 1.165) is 24.2 Å². The Bertz CT molecular complexity index is 1370. The van der Waals surface area contributed by atoms with Crippen molar-refractivity contribution in [2.75, 3.05) is 17.2 Å². The molecule has 2 aromatic carbocycles. The van der Waals surface area contributed by atoms with Crippen molar-refractivity contribution in [3.05, 3.63) is 95.2 Å². The Hall–Kier alpha value is -3.96. The third kappa shape index (κ3) is 5.58. The first-order chi connectivity index (χ1) is 16.9. The fourth-order valence-electron chi connectivity index (χ4n) is 4.12. The van der Waals surface area contributed by atoms with Crippen LogP contribution in [-0.2, 0) is 21.1 Å². The lowest BCUT2D eigenvalue weighted by atomic mass is 10.0. The molecule has 1 aromatic heterocycles. The number of aryl methyl sites for hydroxylation is 1. The molecular weight excluding hydrogens is 462 g/mol. The van der Waals surface area contributed by atoms with Crippen LogP contribution in [-0.4, -0.2) is 37.5 Å². The van der Waals surface area contributed by atoms with Crippen LogP contribution in [0.15, 0.2) is 72.9 Å². The average molecular weight is 488 g/mol. The van der Waals surface area contributed by atoms with Crippen LogP contribution in [0.5, 0.6) is 0 Å². The molecule has 4 rings (SSSR count). The molecule has 7 nitrogen and oxygen atoms in total. The number of nitrogens with zero attached hydrogens (tertiary/aromatic N) is 2. The van der Waals surface area contributed by atoms with Crippen LogP contribution in [0.2, 0.25) is 0 Å². The van der Waals surface area contributed by atoms with Crippen LogP contribution in [0.3, 0.4) is 0 Å². The second-order valence-electron chi connectivity index (χ2n) is 8.30. The summed E-state index contributed by atoms with van der Waals surface area (Å²) in [5.74, 6) is 1.13. The fraction of sp³-hybridized carbons (Fsp3) is 0.222. The molecule has 1 N–H and O–H groups in total. The van der Waals surface area contributed by atoms with Gasteiger partial charge in [-0.1, -0.05) is 42.3 Å². The Kier molecular flexibility index (Phi) is 7.28. The molecule has 0 radical (unpaired) electrons. The van der Waals surface area contributed by atoms with Gasteiger partial charge in [-0.2, -0.15) is 0 Å². The topological polar surface area (TPSA) is 96.4 Å². The van der Waals surface area contributed by atoms with E-state index in [2.05, 4.69) is 28.4 Å². The zero-order chi connectivity index (χ0) is 24.8. The highest BCUT2D eigenvalue weighted by Crippen LogP contribution is 2.37. The first-order valence-corrected chi connectivity index (χ1v) is 13.0. The van der Waals surface area contributed by atoms with E-state index >= 15 is 0 Å². The zero-order valence-electron chi connectivity index (χ0n) is 19.1. The number of rotatable bonds is 8. The minimum atomic E-state index is -3.87. The second-order valence-corrected chi connectivity index (χ2v) is 10.4. The van der Waals surface area contributed by atoms with Crippen molar-refractivity contribution in [1.29, 1.82) is 0 Å². The van der Waals surface area contributed by atoms with Crippen LogP contribution in [0, 0.1) is 12.3 Å². The van der Waals surface area contributed by atoms with Gasteiger partial charge in [0.1, 0.15) is 11.6 Å². The largest absolute Gasteiger partial charge is 0.352 e. The quantitative estimate of drug-likeness (QED) is 0.389. The van der Waals surface area contributed by atoms with E-state index in [1.807, 2.05) is 18.2 Å². The van der Waals surface area contributed by atoms with Crippen molar-refractivity contribution in [3.8, 4) is 12.3 Å². The molecule has 8 heteroatoms. The summed E-state index contributed by atoms with van der Waals surface area (Å²) in [6.45, 7) is 0.474. The van der Waals surface area contributed by atoms with E-state index in [4.69, 9.17) is 6.42 Å². The number of amides is 2. The minimum absolute atomic E-state index is 0.221. The normalized spacial score (nSPS) is 16.6. The molecule has 3 aromatic rings. The molecule has 1 unspecified atom stereocenters. The van der Waals surface area contributed by atoms with Gasteiger partial charge in [0.25, 0.3) is 5.91 Å². The molecule has 178 valence electrons. The van der Waals surface area contributed by atoms with Gasteiger partial charge in [0.05, 0.1) is 0 Å². The lowest BCUT2D eigenvalue weighted by Gasteiger charge is -2.23. The number of hydrogen-bond donors (Lipinski definition) is 1. The Balaban J connectivity index is 1.52. The Labute approximate surface area is 205 Å². The van der Waals surface area contributed by atoms with Crippen molar-refractivity contribution in [2.45, 2.75) is 24.6 Å². The van der Waals surface area contributed by atoms with Gasteiger partial charge in [-0.15, -0.1) is 6.42 Å². The van der Waals surface area contributed by atoms with Gasteiger partial charge < -0.3 is 5.32 Å². The first kappa shape index (κ1) is 24.2. The highest BCUT2D eigenvalue weighted by atomic mass is 32.2. The number of pyridine rings is 1. The molecule has 2 heterocycles. The molecule has 0 spiro atoms. The summed E-state index contributed by atoms with van der Waals surface area (Å²) in [6.07, 6.45) is 9.72. The number of aromatic nitrogens is 1. The summed E-state index contributed by atoms with van der Waals surface area (Å²) < 4.78 is 25.9. The molecule has 0 bridgehead atoms. The van der Waals surface area contributed by atoms with Gasteiger partial charge in [-0.25, -0.2) is 13.4 Å². The van der Waals surface area contributed by atoms with Gasteiger partial charge >= 0.3 is 0 Å². The van der Waals surface area contributed by atoms with Crippen molar-refractivity contribution in [3.63, 3.8) is 0 Å². The number of nitrogens with one attached hydrogen (secondary N) is 1. The predicted octanol–water partition coefficient (Wildman–Crippen LogP) is 3.28. The minimum Gasteiger partial charge on any atom is -0.352 e. The number of carbonyl (C=O) groups excluding carboxylic acids is 2. The zero-order valence-corrected chi connectivity index (χ0v) is 19.9. The molecule has 1 aliphatic heterocycles. The maximum Gasteiger partial charge on any atom is 0.251 e. The molecule has 1 saturated heterocycles. The SMILES string of the molecule is C#Cc1cc(C(=O)NCCCCc2ccccc2)cc(C2N(c3ccccn3)C(=O)CS2(=O)=O)c1. The van der Waals surface area contributed by atoms with Crippen molar-refractivity contribution < 1.29 is 18.0 Å². The number of terminal acetylenes is 1. The third-order valence-corrected chi connectivity index (χ3v) is 7.57. The molecule has 35 heavy (non-hydrogen) atoms. The number of sulfone groups is 1. The number of hydrogen-bond acceptors (Lipinski definition) is 5. The summed E-state index contributed by atoms with van der Waals surface area (Å²) >= 11 is 0. The summed E-state index contributed by atoms with van der Waals surface area (Å²) in [5, 5.41) is 1.57. The molecule has 1 fully saturated rings. The summed E-state index contributed by atoms with van der Waals surface area (Å²) in [5.41, 5.74) is 2.10. The molecular formula is C27H25N3O4S. The van der Waals surface area contributed by atoms with Crippen LogP contribution in [0.4, 0.5) is 5.82 Å². The van der Waals surface area contributed by atoms with Crippen LogP contribution < -0.4 is 10.2 Å². The van der Waals surface area contributed by atoms with Crippen molar-refractivity contribution in [2.24, 2.45) is 0 Å². The van der Waals surface area contributed by atoms with Gasteiger partial charge in [0.2, 0.25) is 5.91 Å². The van der Waals surface area contributed by atoms with E-state index in [1.54, 1.807) is 18.2 Å². The highest BCUT2D eigenvalue weighted by molar-refractivity contribution is 7.93. The maximum atomic E-state index is 13.0. The molecule has 0 aliphatic carbocycles. The molecule has 2 amide bonds. The molecule has 1 atom stereocenters. The van der Waals surface area contributed by atoms with Gasteiger partial charge in [0.15, 0.2) is 15.2 Å². The summed E-state index contributed by atoms with van der Waals surface area (Å²) in [4.78, 5) is 30.8. The van der Waals surface area contributed by atoms with Crippen molar-refractivity contribution in [1.82, 2.24) is 10.3 Å². The lowest BCUT2D eigenvalue weighted by molar-refractivity contribution is -0.115. The number of benzene rings is 2. The van der Waals surface area contributed by atoms with Crippen molar-refractivity contribution >= 4 is 27.5 Å². The van der Waals surface area contributed by atoms with E-state index in [0.29, 0.717) is 12.1 Å². The van der Waals surface area contributed by atoms with Gasteiger partial charge in [-0.05, 0) is 60.7 Å². The average Bonchev–Trinajstić information content (AvgIpc) is 3.12. The van der Waals surface area contributed by atoms with Crippen LogP contribution in [0.25, 0.3) is 0 Å². The van der Waals surface area contributed by atoms with Gasteiger partial charge in [-0.3, -0.25) is 14.5 Å². The van der Waals surface area contributed by atoms with E-state index in [9.17, 15) is 18.0 Å². The number of unbranched alkanes of at least 4 members (excludes halogenated alkanes) is 1. The van der Waals surface area contributed by atoms with Gasteiger partial charge in [0, 0.05) is 23.9 Å². The molecule has 0 saturated carbocycles. The summed E-state index contributed by atoms with van der Waals surface area (Å²) in [7, 11) is -3.87. The number of carbonyl (C=O) groups is 2. The monoisotopic (exact) mass is 487 g/mol. The highest BCUT2D eigenvalue weighted by Gasteiger charge is 2.46. The number of anilines is 1. The Morgan fingerprint density at radius 3 is 2.57 bits per heavy atom. The maximum absolute atomic E-state index is 13.0. The fourth-order valence-corrected chi connectivity index (χ4v) is 5.86. The first-order valence-electron chi connectivity index (χ1n) is 11.3. The Morgan fingerprint density at radius 1 is 1.09 bits per heavy atom. The standard InChI is InChI=1S/C27H25N3O4S/c1-2-20-16-22(26(32)29-15-8-6-12-21-10-4-3-5-11-21)18-23(17-20)27-30(24-13-7-9-14-28-24)25(31)19-35(27,33)34/h1,3-5,7,9-11,13-14,16-18,27H,6,8,12,15,19H2,(H,29,32). The third-order valence-electron chi connectivity index (χ3n) is 5.75. The Morgan fingerprint density at radius 2 is 1.86 bits per heavy atom. The lowest BCUT2D eigenvalue weighted by Crippen LogP contribution is -2.30. The second kappa shape index (κ2) is 10.5. The van der Waals surface area contributed by atoms with Crippen LogP contribution in [0.1, 0.15) is 45.3 Å². The van der Waals surface area contributed by atoms with E-state index < -0.39 is 26.9 Å². The van der Waals surface area contributed by atoms with Crippen LogP contribution >= 0.6 is 0 Å².